The minimum absolute atomic E-state index is 0.0768. The molecule has 0 unspecified atom stereocenters. The van der Waals surface area contributed by atoms with Gasteiger partial charge < -0.3 is 30.0 Å². The van der Waals surface area contributed by atoms with Gasteiger partial charge in [0.1, 0.15) is 25.0 Å². The molecule has 0 spiro atoms. The topological polar surface area (TPSA) is 125 Å². The predicted molar refractivity (Wildman–Crippen MR) is 134 cm³/mol. The first-order chi connectivity index (χ1) is 17.1. The van der Waals surface area contributed by atoms with Crippen LogP contribution in [0, 0.1) is 5.92 Å². The quantitative estimate of drug-likeness (QED) is 0.421. The number of amides is 4. The fourth-order valence-electron chi connectivity index (χ4n) is 4.06. The molecule has 3 atom stereocenters. The van der Waals surface area contributed by atoms with Gasteiger partial charge >= 0.3 is 6.09 Å². The number of hydrogen-bond donors (Lipinski definition) is 2. The summed E-state index contributed by atoms with van der Waals surface area (Å²) in [5.74, 6) is -0.832. The third kappa shape index (κ3) is 8.98. The van der Waals surface area contributed by atoms with Gasteiger partial charge in [-0.1, -0.05) is 44.2 Å². The maximum Gasteiger partial charge on any atom is 0.408 e. The highest BCUT2D eigenvalue weighted by molar-refractivity contribution is 5.92. The van der Waals surface area contributed by atoms with Gasteiger partial charge in [0.05, 0.1) is 6.04 Å². The zero-order chi connectivity index (χ0) is 26.7. The highest BCUT2D eigenvalue weighted by Crippen LogP contribution is 2.21. The lowest BCUT2D eigenvalue weighted by atomic mass is 10.0. The second-order valence-electron chi connectivity index (χ2n) is 9.66. The number of ether oxygens (including phenoxy) is 1. The summed E-state index contributed by atoms with van der Waals surface area (Å²) < 4.78 is 5.29. The van der Waals surface area contributed by atoms with Gasteiger partial charge in [0.2, 0.25) is 17.7 Å². The summed E-state index contributed by atoms with van der Waals surface area (Å²) in [6.07, 6.45) is 1.66. The van der Waals surface area contributed by atoms with E-state index in [1.165, 1.54) is 9.80 Å². The van der Waals surface area contributed by atoms with Crippen LogP contribution < -0.4 is 10.6 Å². The molecule has 0 aromatic heterocycles. The van der Waals surface area contributed by atoms with Crippen LogP contribution >= 0.6 is 0 Å². The van der Waals surface area contributed by atoms with Gasteiger partial charge in [-0.15, -0.1) is 0 Å². The molecule has 4 amide bonds. The molecule has 1 saturated heterocycles. The third-order valence-electron chi connectivity index (χ3n) is 6.01. The zero-order valence-electron chi connectivity index (χ0n) is 21.6. The van der Waals surface area contributed by atoms with Crippen molar-refractivity contribution in [2.75, 3.05) is 20.6 Å². The van der Waals surface area contributed by atoms with Crippen LogP contribution in [0.3, 0.4) is 0 Å². The van der Waals surface area contributed by atoms with Crippen molar-refractivity contribution in [3.63, 3.8) is 0 Å². The van der Waals surface area contributed by atoms with Crippen LogP contribution in [-0.4, -0.2) is 78.7 Å². The average molecular weight is 503 g/mol. The smallest absolute Gasteiger partial charge is 0.408 e. The molecule has 1 heterocycles. The van der Waals surface area contributed by atoms with Crippen LogP contribution in [0.15, 0.2) is 30.3 Å². The van der Waals surface area contributed by atoms with Crippen LogP contribution in [0.5, 0.6) is 0 Å². The van der Waals surface area contributed by atoms with E-state index in [9.17, 15) is 24.0 Å². The Bertz CT molecular complexity index is 905. The first-order valence-electron chi connectivity index (χ1n) is 12.4. The van der Waals surface area contributed by atoms with Crippen LogP contribution in [-0.2, 0) is 30.5 Å². The number of carbonyl (C=O) groups is 5. The van der Waals surface area contributed by atoms with Gasteiger partial charge in [-0.2, -0.15) is 0 Å². The SMILES string of the molecule is CC(C)C[C@H](NC(=O)OCc1ccccc1)C(=O)N1CCC[C@H]1C(=O)N[C@H](C=O)CCC(=O)N(C)C. The molecule has 36 heavy (non-hydrogen) atoms. The molecule has 10 heteroatoms. The number of hydrogen-bond acceptors (Lipinski definition) is 6. The maximum atomic E-state index is 13.4. The van der Waals surface area contributed by atoms with Crippen LogP contribution in [0.25, 0.3) is 0 Å². The summed E-state index contributed by atoms with van der Waals surface area (Å²) in [4.78, 5) is 65.0. The van der Waals surface area contributed by atoms with Gasteiger partial charge in [-0.3, -0.25) is 14.4 Å². The Kier molecular flexibility index (Phi) is 11.4. The monoisotopic (exact) mass is 502 g/mol. The van der Waals surface area contributed by atoms with E-state index < -0.39 is 30.1 Å². The standard InChI is InChI=1S/C26H38N4O6/c1-18(2)15-21(28-26(35)36-17-19-9-6-5-7-10-19)25(34)30-14-8-11-22(30)24(33)27-20(16-31)12-13-23(32)29(3)4/h5-7,9-10,16,18,20-22H,8,11-15,17H2,1-4H3,(H,27,33)(H,28,35)/t20-,21-,22-/m0/s1. The van der Waals surface area contributed by atoms with Crippen molar-refractivity contribution in [3.8, 4) is 0 Å². The van der Waals surface area contributed by atoms with Gasteiger partial charge in [0.25, 0.3) is 0 Å². The molecule has 2 N–H and O–H groups in total. The Morgan fingerprint density at radius 2 is 1.83 bits per heavy atom. The fraction of sp³-hybridized carbons (Fsp3) is 0.577. The van der Waals surface area contributed by atoms with E-state index in [1.54, 1.807) is 14.1 Å². The molecule has 0 radical (unpaired) electrons. The Balaban J connectivity index is 2.00. The van der Waals surface area contributed by atoms with Crippen molar-refractivity contribution < 1.29 is 28.7 Å². The first-order valence-corrected chi connectivity index (χ1v) is 12.4. The highest BCUT2D eigenvalue weighted by atomic mass is 16.5. The normalized spacial score (nSPS) is 16.7. The average Bonchev–Trinajstić information content (AvgIpc) is 3.34. The molecule has 1 fully saturated rings. The van der Waals surface area contributed by atoms with E-state index in [4.69, 9.17) is 4.74 Å². The molecular weight excluding hydrogens is 464 g/mol. The van der Waals surface area contributed by atoms with Crippen molar-refractivity contribution in [2.24, 2.45) is 5.92 Å². The molecule has 0 aliphatic carbocycles. The summed E-state index contributed by atoms with van der Waals surface area (Å²) in [5.41, 5.74) is 0.827. The second-order valence-corrected chi connectivity index (χ2v) is 9.66. The molecule has 1 aromatic rings. The molecule has 1 aliphatic rings. The summed E-state index contributed by atoms with van der Waals surface area (Å²) in [5, 5.41) is 5.33. The van der Waals surface area contributed by atoms with Crippen molar-refractivity contribution in [1.82, 2.24) is 20.4 Å². The number of alkyl carbamates (subject to hydrolysis) is 1. The lowest BCUT2D eigenvalue weighted by molar-refractivity contribution is -0.140. The van der Waals surface area contributed by atoms with Crippen molar-refractivity contribution in [2.45, 2.75) is 70.7 Å². The molecular formula is C26H38N4O6. The van der Waals surface area contributed by atoms with E-state index >= 15 is 0 Å². The van der Waals surface area contributed by atoms with E-state index in [-0.39, 0.29) is 37.2 Å². The van der Waals surface area contributed by atoms with E-state index in [1.807, 2.05) is 44.2 Å². The zero-order valence-corrected chi connectivity index (χ0v) is 21.6. The van der Waals surface area contributed by atoms with Crippen LogP contribution in [0.1, 0.15) is 51.5 Å². The van der Waals surface area contributed by atoms with Crippen molar-refractivity contribution in [1.29, 1.82) is 0 Å². The summed E-state index contributed by atoms with van der Waals surface area (Å²) in [7, 11) is 3.25. The number of carbonyl (C=O) groups excluding carboxylic acids is 5. The van der Waals surface area contributed by atoms with E-state index in [2.05, 4.69) is 10.6 Å². The first kappa shape index (κ1) is 28.8. The van der Waals surface area contributed by atoms with Crippen LogP contribution in [0.4, 0.5) is 4.79 Å². The number of likely N-dealkylation sites (tertiary alicyclic amines) is 1. The predicted octanol–water partition coefficient (Wildman–Crippen LogP) is 1.87. The van der Waals surface area contributed by atoms with E-state index in [0.717, 1.165) is 5.56 Å². The maximum absolute atomic E-state index is 13.4. The Hall–Kier alpha value is -3.43. The molecule has 0 saturated carbocycles. The second kappa shape index (κ2) is 14.2. The van der Waals surface area contributed by atoms with Gasteiger partial charge in [0, 0.05) is 27.1 Å². The summed E-state index contributed by atoms with van der Waals surface area (Å²) in [6.45, 7) is 4.33. The lowest BCUT2D eigenvalue weighted by Gasteiger charge is -2.30. The fourth-order valence-corrected chi connectivity index (χ4v) is 4.06. The molecule has 198 valence electrons. The number of benzene rings is 1. The molecule has 10 nitrogen and oxygen atoms in total. The largest absolute Gasteiger partial charge is 0.445 e. The molecule has 0 bridgehead atoms. The summed E-state index contributed by atoms with van der Waals surface area (Å²) >= 11 is 0. The lowest BCUT2D eigenvalue weighted by Crippen LogP contribution is -2.55. The third-order valence-corrected chi connectivity index (χ3v) is 6.01. The van der Waals surface area contributed by atoms with Crippen molar-refractivity contribution >= 4 is 30.1 Å². The molecule has 1 aromatic carbocycles. The minimum atomic E-state index is -0.846. The van der Waals surface area contributed by atoms with Crippen LogP contribution in [0.2, 0.25) is 0 Å². The van der Waals surface area contributed by atoms with Gasteiger partial charge in [-0.05, 0) is 37.2 Å². The highest BCUT2D eigenvalue weighted by Gasteiger charge is 2.38. The summed E-state index contributed by atoms with van der Waals surface area (Å²) in [6, 6.07) is 6.80. The Labute approximate surface area is 212 Å². The number of aldehydes is 1. The Morgan fingerprint density at radius 3 is 2.44 bits per heavy atom. The van der Waals surface area contributed by atoms with Crippen molar-refractivity contribution in [3.05, 3.63) is 35.9 Å². The van der Waals surface area contributed by atoms with Gasteiger partial charge in [0.15, 0.2) is 0 Å². The van der Waals surface area contributed by atoms with E-state index in [0.29, 0.717) is 32.1 Å². The molecule has 1 aliphatic heterocycles. The number of rotatable bonds is 12. The molecule has 2 rings (SSSR count). The number of nitrogens with zero attached hydrogens (tertiary/aromatic N) is 2. The number of nitrogens with one attached hydrogen (secondary N) is 2. The van der Waals surface area contributed by atoms with Gasteiger partial charge in [-0.25, -0.2) is 4.79 Å². The minimum Gasteiger partial charge on any atom is -0.445 e. The Morgan fingerprint density at radius 1 is 1.14 bits per heavy atom.